The van der Waals surface area contributed by atoms with Crippen molar-refractivity contribution in [2.75, 3.05) is 39.3 Å². The Morgan fingerprint density at radius 1 is 1.06 bits per heavy atom. The molecule has 0 spiro atoms. The monoisotopic (exact) mass is 448 g/mol. The number of piperazine rings is 1. The first-order valence-corrected chi connectivity index (χ1v) is 12.9. The van der Waals surface area contributed by atoms with Crippen LogP contribution in [0.4, 0.5) is 4.39 Å². The number of rotatable bonds is 6. The molecule has 0 radical (unpaired) electrons. The lowest BCUT2D eigenvalue weighted by Crippen LogP contribution is -2.50. The van der Waals surface area contributed by atoms with Gasteiger partial charge in [0.2, 0.25) is 0 Å². The van der Waals surface area contributed by atoms with Crippen LogP contribution in [-0.2, 0) is 10.0 Å². The maximum absolute atomic E-state index is 13.2. The second kappa shape index (κ2) is 9.79. The van der Waals surface area contributed by atoms with E-state index in [-0.39, 0.29) is 10.7 Å². The fourth-order valence-electron chi connectivity index (χ4n) is 4.97. The molecule has 2 heterocycles. The molecule has 1 saturated heterocycles. The van der Waals surface area contributed by atoms with Gasteiger partial charge in [-0.05, 0) is 50.4 Å². The minimum Gasteiger partial charge on any atom is -0.301 e. The van der Waals surface area contributed by atoms with Gasteiger partial charge in [-0.25, -0.2) is 12.8 Å². The first-order chi connectivity index (χ1) is 14.9. The predicted octanol–water partition coefficient (Wildman–Crippen LogP) is 3.23. The molecule has 6 nitrogen and oxygen atoms in total. The van der Waals surface area contributed by atoms with Gasteiger partial charge in [-0.15, -0.1) is 0 Å². The van der Waals surface area contributed by atoms with Crippen LogP contribution in [-0.4, -0.2) is 69.4 Å². The van der Waals surface area contributed by atoms with Gasteiger partial charge in [0.15, 0.2) is 0 Å². The maximum Gasteiger partial charge on any atom is 0.264 e. The molecule has 1 aromatic carbocycles. The Morgan fingerprint density at radius 2 is 1.74 bits per heavy atom. The molecule has 3 aliphatic rings. The van der Waals surface area contributed by atoms with Gasteiger partial charge in [0.25, 0.3) is 10.0 Å². The van der Waals surface area contributed by atoms with E-state index in [2.05, 4.69) is 19.5 Å². The number of benzene rings is 1. The average Bonchev–Trinajstić information content (AvgIpc) is 3.01. The van der Waals surface area contributed by atoms with Gasteiger partial charge in [0.05, 0.1) is 0 Å². The molecule has 8 heteroatoms. The lowest BCUT2D eigenvalue weighted by Gasteiger charge is -2.40. The Balaban J connectivity index is 1.28. The van der Waals surface area contributed by atoms with Crippen molar-refractivity contribution in [3.63, 3.8) is 0 Å². The number of nitrogens with zero attached hydrogens (tertiary/aromatic N) is 3. The van der Waals surface area contributed by atoms with Crippen LogP contribution in [0.25, 0.3) is 4.91 Å². The first-order valence-electron chi connectivity index (χ1n) is 11.4. The minimum atomic E-state index is -3.67. The number of aliphatic imine (C=N–C) groups is 1. The highest BCUT2D eigenvalue weighted by Gasteiger charge is 2.32. The lowest BCUT2D eigenvalue weighted by molar-refractivity contribution is 0.0788. The van der Waals surface area contributed by atoms with E-state index in [9.17, 15) is 12.8 Å². The van der Waals surface area contributed by atoms with Crippen molar-refractivity contribution in [2.24, 2.45) is 4.99 Å². The van der Waals surface area contributed by atoms with Crippen LogP contribution in [0.3, 0.4) is 0 Å². The summed E-state index contributed by atoms with van der Waals surface area (Å²) in [5, 5.41) is 0. The SMILES string of the molecule is CC1=C(c2ccc(F)cc2)S(=O)(=O)NC1=NCCCN1CCN(C2CCCCC2)CC1. The van der Waals surface area contributed by atoms with Crippen molar-refractivity contribution in [3.8, 4) is 0 Å². The van der Waals surface area contributed by atoms with Gasteiger partial charge in [0.1, 0.15) is 16.6 Å². The van der Waals surface area contributed by atoms with Gasteiger partial charge >= 0.3 is 0 Å². The summed E-state index contributed by atoms with van der Waals surface area (Å²) in [6, 6.07) is 6.32. The number of halogens is 1. The normalized spacial score (nSPS) is 24.6. The van der Waals surface area contributed by atoms with Crippen LogP contribution >= 0.6 is 0 Å². The minimum absolute atomic E-state index is 0.185. The van der Waals surface area contributed by atoms with Crippen molar-refractivity contribution < 1.29 is 12.8 Å². The fourth-order valence-corrected chi connectivity index (χ4v) is 6.49. The van der Waals surface area contributed by atoms with E-state index >= 15 is 0 Å². The standard InChI is InChI=1S/C23H33FN4O2S/c1-18-22(19-8-10-20(24)11-9-19)31(29,30)26-23(18)25-12-5-13-27-14-16-28(17-15-27)21-6-3-2-4-7-21/h8-11,21H,2-7,12-17H2,1H3,(H,25,26). The highest BCUT2D eigenvalue weighted by Crippen LogP contribution is 2.30. The molecular formula is C23H33FN4O2S. The topological polar surface area (TPSA) is 65.0 Å². The molecule has 4 rings (SSSR count). The van der Waals surface area contributed by atoms with E-state index in [1.807, 2.05) is 0 Å². The molecule has 0 aromatic heterocycles. The van der Waals surface area contributed by atoms with Crippen molar-refractivity contribution >= 4 is 20.8 Å². The Kier molecular flexibility index (Phi) is 7.08. The van der Waals surface area contributed by atoms with Crippen molar-refractivity contribution in [3.05, 3.63) is 41.2 Å². The van der Waals surface area contributed by atoms with Crippen LogP contribution in [0.5, 0.6) is 0 Å². The summed E-state index contributed by atoms with van der Waals surface area (Å²) in [5.41, 5.74) is 1.07. The molecule has 31 heavy (non-hydrogen) atoms. The van der Waals surface area contributed by atoms with E-state index < -0.39 is 10.0 Å². The van der Waals surface area contributed by atoms with E-state index in [4.69, 9.17) is 0 Å². The number of nitrogens with one attached hydrogen (secondary N) is 1. The molecule has 0 amide bonds. The molecule has 1 saturated carbocycles. The summed E-state index contributed by atoms with van der Waals surface area (Å²) in [4.78, 5) is 9.87. The predicted molar refractivity (Wildman–Crippen MR) is 123 cm³/mol. The summed E-state index contributed by atoms with van der Waals surface area (Å²) in [6.45, 7) is 7.83. The second-order valence-electron chi connectivity index (χ2n) is 8.82. The van der Waals surface area contributed by atoms with Gasteiger partial charge < -0.3 is 4.90 Å². The zero-order valence-electron chi connectivity index (χ0n) is 18.3. The number of amidine groups is 1. The molecule has 0 unspecified atom stereocenters. The fraction of sp³-hybridized carbons (Fsp3) is 0.609. The highest BCUT2D eigenvalue weighted by atomic mass is 32.2. The van der Waals surface area contributed by atoms with Crippen LogP contribution < -0.4 is 4.72 Å². The van der Waals surface area contributed by atoms with E-state index in [1.54, 1.807) is 6.92 Å². The Bertz CT molecular complexity index is 929. The van der Waals surface area contributed by atoms with E-state index in [0.717, 1.165) is 45.2 Å². The maximum atomic E-state index is 13.2. The summed E-state index contributed by atoms with van der Waals surface area (Å²) in [6.07, 6.45) is 7.78. The summed E-state index contributed by atoms with van der Waals surface area (Å²) in [7, 11) is -3.67. The van der Waals surface area contributed by atoms with E-state index in [1.165, 1.54) is 56.4 Å². The van der Waals surface area contributed by atoms with E-state index in [0.29, 0.717) is 23.5 Å². The van der Waals surface area contributed by atoms with Crippen LogP contribution in [0.15, 0.2) is 34.8 Å². The van der Waals surface area contributed by atoms with Crippen molar-refractivity contribution in [2.45, 2.75) is 51.5 Å². The average molecular weight is 449 g/mol. The molecule has 170 valence electrons. The smallest absolute Gasteiger partial charge is 0.264 e. The summed E-state index contributed by atoms with van der Waals surface area (Å²) in [5.74, 6) is 0.0141. The van der Waals surface area contributed by atoms with Crippen molar-refractivity contribution in [1.82, 2.24) is 14.5 Å². The quantitative estimate of drug-likeness (QED) is 0.679. The zero-order chi connectivity index (χ0) is 21.8. The second-order valence-corrected chi connectivity index (χ2v) is 10.4. The number of sulfonamides is 1. The van der Waals surface area contributed by atoms with Crippen molar-refractivity contribution in [1.29, 1.82) is 0 Å². The highest BCUT2D eigenvalue weighted by molar-refractivity contribution is 8.00. The summed E-state index contributed by atoms with van der Waals surface area (Å²) < 4.78 is 40.9. The number of hydrogen-bond acceptors (Lipinski definition) is 5. The molecule has 1 aromatic rings. The third-order valence-electron chi connectivity index (χ3n) is 6.70. The van der Waals surface area contributed by atoms with Gasteiger partial charge in [-0.3, -0.25) is 14.6 Å². The van der Waals surface area contributed by atoms with Crippen LogP contribution in [0.2, 0.25) is 0 Å². The Hall–Kier alpha value is -1.77. The third-order valence-corrected chi connectivity index (χ3v) is 8.24. The molecule has 1 aliphatic carbocycles. The Labute approximate surface area is 185 Å². The summed E-state index contributed by atoms with van der Waals surface area (Å²) >= 11 is 0. The first kappa shape index (κ1) is 22.4. The lowest BCUT2D eigenvalue weighted by atomic mass is 9.94. The van der Waals surface area contributed by atoms with Crippen LogP contribution in [0, 0.1) is 5.82 Å². The van der Waals surface area contributed by atoms with Crippen LogP contribution in [0.1, 0.15) is 51.0 Å². The zero-order valence-corrected chi connectivity index (χ0v) is 19.1. The van der Waals surface area contributed by atoms with Gasteiger partial charge in [0, 0.05) is 44.3 Å². The third kappa shape index (κ3) is 5.35. The molecule has 2 aliphatic heterocycles. The Morgan fingerprint density at radius 3 is 2.42 bits per heavy atom. The molecule has 0 atom stereocenters. The molecular weight excluding hydrogens is 415 g/mol. The molecule has 1 N–H and O–H groups in total. The van der Waals surface area contributed by atoms with Gasteiger partial charge in [-0.2, -0.15) is 0 Å². The molecule has 2 fully saturated rings. The largest absolute Gasteiger partial charge is 0.301 e. The molecule has 0 bridgehead atoms. The number of hydrogen-bond donors (Lipinski definition) is 1. The van der Waals surface area contributed by atoms with Gasteiger partial charge in [-0.1, -0.05) is 31.4 Å².